The third kappa shape index (κ3) is 2.61. The highest BCUT2D eigenvalue weighted by molar-refractivity contribution is 9.11. The lowest BCUT2D eigenvalue weighted by Gasteiger charge is -2.23. The summed E-state index contributed by atoms with van der Waals surface area (Å²) in [5.41, 5.74) is 5.71. The summed E-state index contributed by atoms with van der Waals surface area (Å²) >= 11 is 5.35. The van der Waals surface area contributed by atoms with Crippen LogP contribution in [0.15, 0.2) is 15.9 Å². The van der Waals surface area contributed by atoms with Crippen molar-refractivity contribution in [2.45, 2.75) is 19.4 Å². The van der Waals surface area contributed by atoms with Crippen LogP contribution in [-0.2, 0) is 0 Å². The molecule has 0 bridgehead atoms. The van der Waals surface area contributed by atoms with E-state index in [2.05, 4.69) is 39.9 Å². The van der Waals surface area contributed by atoms with E-state index < -0.39 is 0 Å². The average molecular weight is 289 g/mol. The molecule has 2 rings (SSSR count). The van der Waals surface area contributed by atoms with Crippen LogP contribution in [0.4, 0.5) is 0 Å². The van der Waals surface area contributed by atoms with Gasteiger partial charge in [-0.25, -0.2) is 0 Å². The molecule has 0 spiro atoms. The van der Waals surface area contributed by atoms with Crippen molar-refractivity contribution in [3.8, 4) is 0 Å². The van der Waals surface area contributed by atoms with Crippen LogP contribution in [0.5, 0.6) is 0 Å². The SMILES string of the molecule is CC(c1ccc(Br)s1)N1CCC(CN)C1. The molecule has 2 nitrogen and oxygen atoms in total. The molecule has 0 saturated carbocycles. The summed E-state index contributed by atoms with van der Waals surface area (Å²) in [5.74, 6) is 0.704. The van der Waals surface area contributed by atoms with Gasteiger partial charge in [0.2, 0.25) is 0 Å². The van der Waals surface area contributed by atoms with E-state index in [4.69, 9.17) is 5.73 Å². The number of nitrogens with zero attached hydrogens (tertiary/aromatic N) is 1. The Balaban J connectivity index is 2.00. The lowest BCUT2D eigenvalue weighted by Crippen LogP contribution is -2.25. The first-order chi connectivity index (χ1) is 7.20. The van der Waals surface area contributed by atoms with Crippen molar-refractivity contribution in [2.24, 2.45) is 11.7 Å². The standard InChI is InChI=1S/C11H17BrN2S/c1-8(10-2-3-11(12)15-10)14-5-4-9(6-13)7-14/h2-3,8-9H,4-7,13H2,1H3. The highest BCUT2D eigenvalue weighted by atomic mass is 79.9. The predicted octanol–water partition coefficient (Wildman–Crippen LogP) is 2.85. The minimum atomic E-state index is 0.540. The van der Waals surface area contributed by atoms with Gasteiger partial charge in [-0.2, -0.15) is 0 Å². The molecule has 1 fully saturated rings. The first kappa shape index (κ1) is 11.6. The third-order valence-electron chi connectivity index (χ3n) is 3.20. The van der Waals surface area contributed by atoms with Gasteiger partial charge in [0.05, 0.1) is 3.79 Å². The van der Waals surface area contributed by atoms with E-state index in [1.54, 1.807) is 0 Å². The normalized spacial score (nSPS) is 24.6. The Bertz CT molecular complexity index is 326. The summed E-state index contributed by atoms with van der Waals surface area (Å²) in [5, 5.41) is 0. The molecular formula is C11H17BrN2S. The largest absolute Gasteiger partial charge is 0.330 e. The summed E-state index contributed by atoms with van der Waals surface area (Å²) in [6.07, 6.45) is 1.26. The van der Waals surface area contributed by atoms with Gasteiger partial charge in [0.15, 0.2) is 0 Å². The maximum Gasteiger partial charge on any atom is 0.0701 e. The molecule has 0 radical (unpaired) electrons. The van der Waals surface area contributed by atoms with Gasteiger partial charge in [-0.1, -0.05) is 0 Å². The minimum absolute atomic E-state index is 0.540. The van der Waals surface area contributed by atoms with E-state index in [1.165, 1.54) is 21.6 Å². The fourth-order valence-corrected chi connectivity index (χ4v) is 3.65. The lowest BCUT2D eigenvalue weighted by molar-refractivity contribution is 0.257. The van der Waals surface area contributed by atoms with Gasteiger partial charge in [-0.05, 0) is 60.4 Å². The van der Waals surface area contributed by atoms with Crippen LogP contribution in [0.1, 0.15) is 24.3 Å². The van der Waals surface area contributed by atoms with Crippen molar-refractivity contribution in [1.82, 2.24) is 4.90 Å². The molecule has 2 heterocycles. The Morgan fingerprint density at radius 1 is 1.67 bits per heavy atom. The van der Waals surface area contributed by atoms with Crippen LogP contribution in [-0.4, -0.2) is 24.5 Å². The zero-order chi connectivity index (χ0) is 10.8. The summed E-state index contributed by atoms with van der Waals surface area (Å²) in [6, 6.07) is 4.89. The van der Waals surface area contributed by atoms with E-state index in [0.717, 1.165) is 13.1 Å². The number of rotatable bonds is 3. The molecule has 1 saturated heterocycles. The highest BCUT2D eigenvalue weighted by Gasteiger charge is 2.26. The van der Waals surface area contributed by atoms with E-state index in [1.807, 2.05) is 11.3 Å². The molecule has 1 aliphatic heterocycles. The number of halogens is 1. The molecule has 2 unspecified atom stereocenters. The Labute approximate surface area is 104 Å². The lowest BCUT2D eigenvalue weighted by atomic mass is 10.1. The van der Waals surface area contributed by atoms with Crippen LogP contribution in [0, 0.1) is 5.92 Å². The van der Waals surface area contributed by atoms with Crippen molar-refractivity contribution in [2.75, 3.05) is 19.6 Å². The monoisotopic (exact) mass is 288 g/mol. The van der Waals surface area contributed by atoms with Crippen LogP contribution >= 0.6 is 27.3 Å². The second-order valence-corrected chi connectivity index (χ2v) is 6.70. The maximum absolute atomic E-state index is 5.71. The van der Waals surface area contributed by atoms with Crippen LogP contribution < -0.4 is 5.73 Å². The van der Waals surface area contributed by atoms with Crippen molar-refractivity contribution in [3.05, 3.63) is 20.8 Å². The van der Waals surface area contributed by atoms with Crippen molar-refractivity contribution in [3.63, 3.8) is 0 Å². The summed E-state index contributed by atoms with van der Waals surface area (Å²) in [6.45, 7) is 5.47. The van der Waals surface area contributed by atoms with Crippen LogP contribution in [0.25, 0.3) is 0 Å². The number of nitrogens with two attached hydrogens (primary N) is 1. The smallest absolute Gasteiger partial charge is 0.0701 e. The van der Waals surface area contributed by atoms with Gasteiger partial charge in [0.1, 0.15) is 0 Å². The molecule has 1 aliphatic rings. The van der Waals surface area contributed by atoms with Gasteiger partial charge >= 0.3 is 0 Å². The zero-order valence-corrected chi connectivity index (χ0v) is 11.4. The van der Waals surface area contributed by atoms with E-state index >= 15 is 0 Å². The Hall–Kier alpha value is 0.1000. The second-order valence-electron chi connectivity index (χ2n) is 4.20. The van der Waals surface area contributed by atoms with Crippen LogP contribution in [0.3, 0.4) is 0 Å². The summed E-state index contributed by atoms with van der Waals surface area (Å²) in [7, 11) is 0. The number of hydrogen-bond donors (Lipinski definition) is 1. The topological polar surface area (TPSA) is 29.3 Å². The van der Waals surface area contributed by atoms with E-state index in [0.29, 0.717) is 12.0 Å². The van der Waals surface area contributed by atoms with Gasteiger partial charge in [0, 0.05) is 17.5 Å². The molecule has 84 valence electrons. The fourth-order valence-electron chi connectivity index (χ4n) is 2.14. The van der Waals surface area contributed by atoms with Gasteiger partial charge in [0.25, 0.3) is 0 Å². The minimum Gasteiger partial charge on any atom is -0.330 e. The zero-order valence-electron chi connectivity index (χ0n) is 8.95. The molecule has 1 aromatic heterocycles. The van der Waals surface area contributed by atoms with Gasteiger partial charge in [-0.3, -0.25) is 4.90 Å². The van der Waals surface area contributed by atoms with E-state index in [-0.39, 0.29) is 0 Å². The molecule has 2 atom stereocenters. The van der Waals surface area contributed by atoms with Crippen molar-refractivity contribution in [1.29, 1.82) is 0 Å². The number of hydrogen-bond acceptors (Lipinski definition) is 3. The quantitative estimate of drug-likeness (QED) is 0.927. The Morgan fingerprint density at radius 2 is 2.47 bits per heavy atom. The summed E-state index contributed by atoms with van der Waals surface area (Å²) < 4.78 is 1.22. The van der Waals surface area contributed by atoms with Crippen LogP contribution in [0.2, 0.25) is 0 Å². The Morgan fingerprint density at radius 3 is 3.00 bits per heavy atom. The fraction of sp³-hybridized carbons (Fsp3) is 0.636. The molecule has 15 heavy (non-hydrogen) atoms. The molecule has 1 aromatic rings. The molecule has 4 heteroatoms. The first-order valence-corrected chi connectivity index (χ1v) is 7.01. The summed E-state index contributed by atoms with van der Waals surface area (Å²) in [4.78, 5) is 3.98. The molecule has 0 aliphatic carbocycles. The predicted molar refractivity (Wildman–Crippen MR) is 69.2 cm³/mol. The number of likely N-dealkylation sites (tertiary alicyclic amines) is 1. The van der Waals surface area contributed by atoms with Crippen molar-refractivity contribution >= 4 is 27.3 Å². The maximum atomic E-state index is 5.71. The third-order valence-corrected chi connectivity index (χ3v) is 5.00. The van der Waals surface area contributed by atoms with Crippen molar-refractivity contribution < 1.29 is 0 Å². The average Bonchev–Trinajstić information content (AvgIpc) is 2.84. The second kappa shape index (κ2) is 4.95. The number of thiophene rings is 1. The van der Waals surface area contributed by atoms with Gasteiger partial charge in [-0.15, -0.1) is 11.3 Å². The van der Waals surface area contributed by atoms with Gasteiger partial charge < -0.3 is 5.73 Å². The van der Waals surface area contributed by atoms with E-state index in [9.17, 15) is 0 Å². The Kier molecular flexibility index (Phi) is 3.83. The molecule has 0 aromatic carbocycles. The molecule has 0 amide bonds. The highest BCUT2D eigenvalue weighted by Crippen LogP contribution is 2.33. The molecule has 2 N–H and O–H groups in total. The molecular weight excluding hydrogens is 272 g/mol. The first-order valence-electron chi connectivity index (χ1n) is 5.40.